The van der Waals surface area contributed by atoms with Gasteiger partial charge in [-0.3, -0.25) is 9.69 Å². The van der Waals surface area contributed by atoms with Crippen LogP contribution in [0.2, 0.25) is 0 Å². The molecule has 1 N–H and O–H groups in total. The molecule has 0 amide bonds. The maximum atomic E-state index is 13.3. The summed E-state index contributed by atoms with van der Waals surface area (Å²) in [5, 5.41) is 9.42. The van der Waals surface area contributed by atoms with Gasteiger partial charge in [0.1, 0.15) is 0 Å². The zero-order chi connectivity index (χ0) is 21.1. The number of alkyl halides is 6. The summed E-state index contributed by atoms with van der Waals surface area (Å²) in [5.74, 6) is -1.77. The number of piperidine rings is 1. The zero-order valence-electron chi connectivity index (χ0n) is 15.4. The van der Waals surface area contributed by atoms with Crippen LogP contribution in [0.1, 0.15) is 49.3 Å². The number of aliphatic carboxylic acids is 1. The lowest BCUT2D eigenvalue weighted by Gasteiger charge is -2.36. The Hall–Kier alpha value is -1.77. The molecule has 0 bridgehead atoms. The van der Waals surface area contributed by atoms with E-state index < -0.39 is 40.9 Å². The van der Waals surface area contributed by atoms with Gasteiger partial charge in [0.25, 0.3) is 0 Å². The summed E-state index contributed by atoms with van der Waals surface area (Å²) in [4.78, 5) is 13.1. The topological polar surface area (TPSA) is 40.5 Å². The number of halogens is 6. The van der Waals surface area contributed by atoms with Crippen LogP contribution in [0.15, 0.2) is 18.2 Å². The van der Waals surface area contributed by atoms with Crippen LogP contribution in [0.25, 0.3) is 0 Å². The summed E-state index contributed by atoms with van der Waals surface area (Å²) in [6.45, 7) is 2.23. The molecular weight excluding hydrogens is 388 g/mol. The van der Waals surface area contributed by atoms with Gasteiger partial charge >= 0.3 is 18.3 Å². The second-order valence-electron chi connectivity index (χ2n) is 7.24. The van der Waals surface area contributed by atoms with Gasteiger partial charge in [-0.15, -0.1) is 0 Å². The minimum atomic E-state index is -4.76. The van der Waals surface area contributed by atoms with Gasteiger partial charge < -0.3 is 5.11 Å². The highest BCUT2D eigenvalue weighted by atomic mass is 19.4. The van der Waals surface area contributed by atoms with Crippen molar-refractivity contribution in [1.29, 1.82) is 0 Å². The maximum absolute atomic E-state index is 13.3. The van der Waals surface area contributed by atoms with Gasteiger partial charge in [-0.1, -0.05) is 13.3 Å². The van der Waals surface area contributed by atoms with E-state index in [2.05, 4.69) is 0 Å². The number of carbonyl (C=O) groups is 1. The molecule has 1 fully saturated rings. The Morgan fingerprint density at radius 1 is 1.21 bits per heavy atom. The number of rotatable bonds is 6. The van der Waals surface area contributed by atoms with Crippen molar-refractivity contribution in [2.45, 2.75) is 51.5 Å². The van der Waals surface area contributed by atoms with E-state index in [4.69, 9.17) is 0 Å². The Labute approximate surface area is 159 Å². The van der Waals surface area contributed by atoms with Gasteiger partial charge in [0.05, 0.1) is 17.0 Å². The van der Waals surface area contributed by atoms with Crippen molar-refractivity contribution in [3.63, 3.8) is 0 Å². The summed E-state index contributed by atoms with van der Waals surface area (Å²) in [6, 6.07) is 1.46. The fourth-order valence-electron chi connectivity index (χ4n) is 3.85. The summed E-state index contributed by atoms with van der Waals surface area (Å²) < 4.78 is 78.7. The minimum Gasteiger partial charge on any atom is -0.481 e. The van der Waals surface area contributed by atoms with E-state index >= 15 is 0 Å². The minimum absolute atomic E-state index is 0.230. The van der Waals surface area contributed by atoms with E-state index in [0.29, 0.717) is 50.4 Å². The van der Waals surface area contributed by atoms with Crippen LogP contribution < -0.4 is 0 Å². The SMILES string of the molecule is CCCC(C(=O)O)C1CCCN(Cc2cc(C(F)(F)F)ccc2C(F)(F)F)C1. The van der Waals surface area contributed by atoms with Gasteiger partial charge in [0, 0.05) is 13.1 Å². The van der Waals surface area contributed by atoms with Crippen molar-refractivity contribution in [2.75, 3.05) is 13.1 Å². The molecule has 28 heavy (non-hydrogen) atoms. The molecule has 158 valence electrons. The molecule has 1 aromatic carbocycles. The largest absolute Gasteiger partial charge is 0.481 e. The number of hydrogen-bond acceptors (Lipinski definition) is 2. The van der Waals surface area contributed by atoms with Crippen LogP contribution in [0.5, 0.6) is 0 Å². The molecule has 9 heteroatoms. The first kappa shape index (κ1) is 22.5. The van der Waals surface area contributed by atoms with Gasteiger partial charge in [-0.2, -0.15) is 26.3 Å². The number of carboxylic acid groups (broad SMARTS) is 1. The average Bonchev–Trinajstić information content (AvgIpc) is 2.57. The zero-order valence-corrected chi connectivity index (χ0v) is 15.4. The number of nitrogens with zero attached hydrogens (tertiary/aromatic N) is 1. The van der Waals surface area contributed by atoms with E-state index in [-0.39, 0.29) is 19.0 Å². The smallest absolute Gasteiger partial charge is 0.416 e. The molecule has 1 aliphatic heterocycles. The highest BCUT2D eigenvalue weighted by molar-refractivity contribution is 5.70. The lowest BCUT2D eigenvalue weighted by molar-refractivity contribution is -0.145. The maximum Gasteiger partial charge on any atom is 0.416 e. The Morgan fingerprint density at radius 3 is 2.43 bits per heavy atom. The lowest BCUT2D eigenvalue weighted by atomic mass is 9.82. The Morgan fingerprint density at radius 2 is 1.89 bits per heavy atom. The standard InChI is InChI=1S/C19H23F6NO2/c1-2-4-15(17(27)28)12-5-3-8-26(10-12)11-13-9-14(18(20,21)22)6-7-16(13)19(23,24)25/h6-7,9,12,15H,2-5,8,10-11H2,1H3,(H,27,28). The lowest BCUT2D eigenvalue weighted by Crippen LogP contribution is -2.40. The predicted molar refractivity (Wildman–Crippen MR) is 90.5 cm³/mol. The Kier molecular flexibility index (Phi) is 7.01. The van der Waals surface area contributed by atoms with Crippen molar-refractivity contribution < 1.29 is 36.2 Å². The molecular formula is C19H23F6NO2. The van der Waals surface area contributed by atoms with Crippen molar-refractivity contribution in [2.24, 2.45) is 11.8 Å². The van der Waals surface area contributed by atoms with Crippen LogP contribution in [0.3, 0.4) is 0 Å². The monoisotopic (exact) mass is 411 g/mol. The van der Waals surface area contributed by atoms with Crippen molar-refractivity contribution in [1.82, 2.24) is 4.90 Å². The van der Waals surface area contributed by atoms with E-state index in [1.807, 2.05) is 6.92 Å². The molecule has 1 saturated heterocycles. The van der Waals surface area contributed by atoms with Crippen molar-refractivity contribution >= 4 is 5.97 Å². The van der Waals surface area contributed by atoms with Gasteiger partial charge in [-0.25, -0.2) is 0 Å². The first-order chi connectivity index (χ1) is 12.9. The molecule has 2 rings (SSSR count). The fraction of sp³-hybridized carbons (Fsp3) is 0.632. The number of carboxylic acids is 1. The molecule has 1 aromatic rings. The molecule has 1 aliphatic rings. The molecule has 2 unspecified atom stereocenters. The van der Waals surface area contributed by atoms with Gasteiger partial charge in [0.15, 0.2) is 0 Å². The first-order valence-corrected chi connectivity index (χ1v) is 9.16. The number of likely N-dealkylation sites (tertiary alicyclic amines) is 1. The number of hydrogen-bond donors (Lipinski definition) is 1. The predicted octanol–water partition coefficient (Wildman–Crippen LogP) is 5.44. The van der Waals surface area contributed by atoms with E-state index in [1.165, 1.54) is 0 Å². The summed E-state index contributed by atoms with van der Waals surface area (Å²) in [6.07, 6.45) is -7.13. The molecule has 0 spiro atoms. The summed E-state index contributed by atoms with van der Waals surface area (Å²) in [7, 11) is 0. The Balaban J connectivity index is 2.26. The fourth-order valence-corrected chi connectivity index (χ4v) is 3.85. The summed E-state index contributed by atoms with van der Waals surface area (Å²) in [5.41, 5.74) is -2.66. The third-order valence-corrected chi connectivity index (χ3v) is 5.16. The quantitative estimate of drug-likeness (QED) is 0.634. The molecule has 0 aliphatic carbocycles. The molecule has 0 saturated carbocycles. The summed E-state index contributed by atoms with van der Waals surface area (Å²) >= 11 is 0. The highest BCUT2D eigenvalue weighted by Crippen LogP contribution is 2.37. The normalized spacial score (nSPS) is 20.2. The van der Waals surface area contributed by atoms with Crippen LogP contribution in [0, 0.1) is 11.8 Å². The third-order valence-electron chi connectivity index (χ3n) is 5.16. The van der Waals surface area contributed by atoms with Crippen LogP contribution >= 0.6 is 0 Å². The molecule has 0 aromatic heterocycles. The van der Waals surface area contributed by atoms with Gasteiger partial charge in [-0.05, 0) is 55.5 Å². The van der Waals surface area contributed by atoms with Crippen LogP contribution in [-0.4, -0.2) is 29.1 Å². The van der Waals surface area contributed by atoms with Crippen molar-refractivity contribution in [3.8, 4) is 0 Å². The second-order valence-corrected chi connectivity index (χ2v) is 7.24. The van der Waals surface area contributed by atoms with Crippen LogP contribution in [0.4, 0.5) is 26.3 Å². The van der Waals surface area contributed by atoms with E-state index in [0.717, 1.165) is 0 Å². The van der Waals surface area contributed by atoms with Crippen LogP contribution in [-0.2, 0) is 23.7 Å². The Bertz CT molecular complexity index is 686. The first-order valence-electron chi connectivity index (χ1n) is 9.16. The van der Waals surface area contributed by atoms with Gasteiger partial charge in [0.2, 0.25) is 0 Å². The third kappa shape index (κ3) is 5.62. The van der Waals surface area contributed by atoms with E-state index in [1.54, 1.807) is 4.90 Å². The highest BCUT2D eigenvalue weighted by Gasteiger charge is 2.38. The molecule has 0 radical (unpaired) electrons. The molecule has 1 heterocycles. The van der Waals surface area contributed by atoms with E-state index in [9.17, 15) is 36.2 Å². The molecule has 2 atom stereocenters. The number of benzene rings is 1. The second kappa shape index (κ2) is 8.71. The average molecular weight is 411 g/mol. The van der Waals surface area contributed by atoms with Crippen molar-refractivity contribution in [3.05, 3.63) is 34.9 Å². The molecule has 3 nitrogen and oxygen atoms in total.